The average molecular weight is 667 g/mol. The topological polar surface area (TPSA) is 152 Å². The van der Waals surface area contributed by atoms with Crippen LogP contribution in [0.4, 0.5) is 0 Å². The highest BCUT2D eigenvalue weighted by Gasteiger charge is 2.53. The van der Waals surface area contributed by atoms with E-state index in [-0.39, 0.29) is 22.6 Å². The Morgan fingerprint density at radius 2 is 1.29 bits per heavy atom. The van der Waals surface area contributed by atoms with Gasteiger partial charge in [0, 0.05) is 70.6 Å². The molecule has 6 aliphatic rings. The molecule has 0 atom stereocenters. The van der Waals surface area contributed by atoms with Crippen LogP contribution in [0.15, 0.2) is 42.9 Å². The molecule has 2 aliphatic heterocycles. The number of aryl methyl sites for hydroxylation is 2. The minimum Gasteiger partial charge on any atom is -0.357 e. The minimum atomic E-state index is 0.0547. The first kappa shape index (κ1) is 28.7. The Morgan fingerprint density at radius 3 is 1.82 bits per heavy atom. The van der Waals surface area contributed by atoms with Gasteiger partial charge in [0.05, 0.1) is 28.2 Å². The van der Waals surface area contributed by atoms with E-state index in [4.69, 9.17) is 16.9 Å². The van der Waals surface area contributed by atoms with Crippen LogP contribution in [0, 0.1) is 11.3 Å². The predicted octanol–water partition coefficient (Wildman–Crippen LogP) is 5.49. The maximum Gasteiger partial charge on any atom is 0.253 e. The van der Waals surface area contributed by atoms with Crippen molar-refractivity contribution in [1.82, 2.24) is 35.6 Å². The van der Waals surface area contributed by atoms with Crippen molar-refractivity contribution < 1.29 is 9.59 Å². The molecule has 5 aromatic rings. The lowest BCUT2D eigenvalue weighted by Gasteiger charge is -2.23. The third-order valence-electron chi connectivity index (χ3n) is 11.5. The van der Waals surface area contributed by atoms with E-state index in [1.807, 2.05) is 30.6 Å². The van der Waals surface area contributed by atoms with E-state index in [0.29, 0.717) is 10.8 Å². The molecule has 4 N–H and O–H groups in total. The highest BCUT2D eigenvalue weighted by Crippen LogP contribution is 2.54. The van der Waals surface area contributed by atoms with Gasteiger partial charge < -0.3 is 20.6 Å². The molecule has 242 valence electrons. The Morgan fingerprint density at radius 1 is 0.714 bits per heavy atom. The molecule has 0 bridgehead atoms. The van der Waals surface area contributed by atoms with Gasteiger partial charge in [-0.3, -0.25) is 14.6 Å². The number of rotatable bonds is 1. The number of carbonyl (C=O) groups is 2. The molecule has 0 saturated heterocycles. The van der Waals surface area contributed by atoms with Crippen molar-refractivity contribution in [3.05, 3.63) is 98.5 Å². The van der Waals surface area contributed by atoms with Crippen molar-refractivity contribution in [2.24, 2.45) is 0 Å². The standard InChI is InChI=1S/C22H17N5O.C16H14ClN3O/c23-8-14-3-1-13(10-24-14)17-7-16-12(9-25-17)2-4-15-18-20(27-19(15)16)22(5-6-22)11-26-21(18)28;17-11-5-10-8(6-18-11)1-2-9-12-14(20-13(9)10)16(3-4-16)7-19-15(12)21/h1,3,7,9-10,27H,2,4-6,11H2,(H,26,28);5-6,20H,1-4,7H2,(H,19,21). The van der Waals surface area contributed by atoms with Crippen LogP contribution in [-0.4, -0.2) is 49.8 Å². The van der Waals surface area contributed by atoms with Gasteiger partial charge >= 0.3 is 0 Å². The molecule has 2 saturated carbocycles. The fourth-order valence-electron chi connectivity index (χ4n) is 8.44. The third kappa shape index (κ3) is 4.28. The normalized spacial score (nSPS) is 19.0. The van der Waals surface area contributed by atoms with Crippen molar-refractivity contribution in [3.63, 3.8) is 0 Å². The van der Waals surface area contributed by atoms with Gasteiger partial charge in [-0.1, -0.05) is 11.6 Å². The smallest absolute Gasteiger partial charge is 0.253 e. The SMILES string of the molecule is N#Cc1ccc(-c2cc3c(cn2)CCc2c-3[nH]c3c2C(=O)NCC32CC2)cn1.O=C1NCC2(CC2)c2[nH]c3c(c21)CCc1cnc(Cl)cc1-3. The number of nitrogens with one attached hydrogen (secondary N) is 4. The number of hydrogen-bond donors (Lipinski definition) is 4. The zero-order valence-electron chi connectivity index (χ0n) is 26.6. The molecule has 0 radical (unpaired) electrons. The largest absolute Gasteiger partial charge is 0.357 e. The summed E-state index contributed by atoms with van der Waals surface area (Å²) in [6, 6.07) is 9.61. The lowest BCUT2D eigenvalue weighted by molar-refractivity contribution is 0.0928. The Balaban J connectivity index is 0.000000130. The average Bonchev–Trinajstić information content (AvgIpc) is 4.01. The first-order valence-corrected chi connectivity index (χ1v) is 17.3. The fraction of sp³-hybridized carbons (Fsp3) is 0.316. The van der Waals surface area contributed by atoms with E-state index in [1.54, 1.807) is 12.3 Å². The molecule has 10 nitrogen and oxygen atoms in total. The second kappa shape index (κ2) is 10.1. The van der Waals surface area contributed by atoms with E-state index < -0.39 is 0 Å². The Kier molecular flexibility index (Phi) is 5.93. The van der Waals surface area contributed by atoms with Crippen LogP contribution < -0.4 is 10.6 Å². The Bertz CT molecular complexity index is 2320. The van der Waals surface area contributed by atoms with Gasteiger partial charge in [0.2, 0.25) is 0 Å². The lowest BCUT2D eigenvalue weighted by Crippen LogP contribution is -2.39. The number of halogens is 1. The number of nitrogens with zero attached hydrogens (tertiary/aromatic N) is 4. The van der Waals surface area contributed by atoms with Crippen molar-refractivity contribution in [3.8, 4) is 39.8 Å². The molecule has 4 aliphatic carbocycles. The summed E-state index contributed by atoms with van der Waals surface area (Å²) in [7, 11) is 0. The number of pyridine rings is 3. The van der Waals surface area contributed by atoms with E-state index in [0.717, 1.165) is 132 Å². The molecule has 5 aromatic heterocycles. The number of carbonyl (C=O) groups excluding carboxylic acids is 2. The monoisotopic (exact) mass is 666 g/mol. The second-order valence-electron chi connectivity index (χ2n) is 14.3. The minimum absolute atomic E-state index is 0.0547. The first-order valence-electron chi connectivity index (χ1n) is 16.9. The maximum absolute atomic E-state index is 12.6. The van der Waals surface area contributed by atoms with Crippen molar-refractivity contribution in [2.45, 2.75) is 62.2 Å². The third-order valence-corrected chi connectivity index (χ3v) is 11.8. The van der Waals surface area contributed by atoms with Crippen molar-refractivity contribution in [2.75, 3.05) is 13.1 Å². The van der Waals surface area contributed by atoms with Crippen LogP contribution in [0.3, 0.4) is 0 Å². The van der Waals surface area contributed by atoms with Crippen molar-refractivity contribution >= 4 is 23.4 Å². The zero-order chi connectivity index (χ0) is 33.1. The summed E-state index contributed by atoms with van der Waals surface area (Å²) in [6.45, 7) is 1.51. The predicted molar refractivity (Wildman–Crippen MR) is 182 cm³/mol. The van der Waals surface area contributed by atoms with E-state index in [2.05, 4.69) is 41.6 Å². The Hall–Kier alpha value is -5.27. The summed E-state index contributed by atoms with van der Waals surface area (Å²) in [5.41, 5.74) is 15.5. The summed E-state index contributed by atoms with van der Waals surface area (Å²) in [6.07, 6.45) is 13.6. The number of aromatic nitrogens is 5. The second-order valence-corrected chi connectivity index (χ2v) is 14.7. The summed E-state index contributed by atoms with van der Waals surface area (Å²) in [5, 5.41) is 15.6. The molecule has 2 amide bonds. The van der Waals surface area contributed by atoms with Gasteiger partial charge in [-0.05, 0) is 97.9 Å². The lowest BCUT2D eigenvalue weighted by atomic mass is 9.86. The number of nitriles is 1. The quantitative estimate of drug-likeness (QED) is 0.174. The highest BCUT2D eigenvalue weighted by atomic mass is 35.5. The summed E-state index contributed by atoms with van der Waals surface area (Å²) in [4.78, 5) is 45.1. The molecular formula is C38H31ClN8O2. The van der Waals surface area contributed by atoms with Crippen LogP contribution in [0.25, 0.3) is 33.8 Å². The highest BCUT2D eigenvalue weighted by molar-refractivity contribution is 6.29. The van der Waals surface area contributed by atoms with E-state index in [1.165, 1.54) is 11.1 Å². The zero-order valence-corrected chi connectivity index (χ0v) is 27.4. The Labute approximate surface area is 286 Å². The molecule has 0 aromatic carbocycles. The van der Waals surface area contributed by atoms with Crippen LogP contribution >= 0.6 is 11.6 Å². The van der Waals surface area contributed by atoms with Gasteiger partial charge in [0.15, 0.2) is 0 Å². The van der Waals surface area contributed by atoms with Gasteiger partial charge in [-0.2, -0.15) is 5.26 Å². The summed E-state index contributed by atoms with van der Waals surface area (Å²) >= 11 is 6.06. The van der Waals surface area contributed by atoms with E-state index >= 15 is 0 Å². The van der Waals surface area contributed by atoms with Gasteiger partial charge in [0.25, 0.3) is 11.8 Å². The first-order chi connectivity index (χ1) is 23.9. The summed E-state index contributed by atoms with van der Waals surface area (Å²) < 4.78 is 0. The molecule has 11 heteroatoms. The number of amides is 2. The van der Waals surface area contributed by atoms with Gasteiger partial charge in [0.1, 0.15) is 16.9 Å². The van der Waals surface area contributed by atoms with Crippen LogP contribution in [-0.2, 0) is 36.5 Å². The van der Waals surface area contributed by atoms with Gasteiger partial charge in [-0.25, -0.2) is 9.97 Å². The molecule has 0 unspecified atom stereocenters. The van der Waals surface area contributed by atoms with E-state index in [9.17, 15) is 9.59 Å². The van der Waals surface area contributed by atoms with Crippen molar-refractivity contribution in [1.29, 1.82) is 5.26 Å². The number of H-pyrrole nitrogens is 2. The summed E-state index contributed by atoms with van der Waals surface area (Å²) in [5.74, 6) is 0.127. The van der Waals surface area contributed by atoms with Crippen LogP contribution in [0.2, 0.25) is 5.15 Å². The van der Waals surface area contributed by atoms with Gasteiger partial charge in [-0.15, -0.1) is 0 Å². The number of aromatic amines is 2. The molecule has 2 fully saturated rings. The van der Waals surface area contributed by atoms with Crippen LogP contribution in [0.1, 0.15) is 85.7 Å². The molecular weight excluding hydrogens is 636 g/mol. The fourth-order valence-corrected chi connectivity index (χ4v) is 8.59. The number of hydrogen-bond acceptors (Lipinski definition) is 6. The molecule has 2 spiro atoms. The number of fused-ring (bicyclic) bond motifs is 12. The van der Waals surface area contributed by atoms with Crippen LogP contribution in [0.5, 0.6) is 0 Å². The molecule has 11 rings (SSSR count). The molecule has 49 heavy (non-hydrogen) atoms. The maximum atomic E-state index is 12.6. The molecule has 7 heterocycles.